The van der Waals surface area contributed by atoms with Gasteiger partial charge in [-0.15, -0.1) is 0 Å². The number of benzene rings is 1. The van der Waals surface area contributed by atoms with E-state index >= 15 is 0 Å². The average molecular weight is 343 g/mol. The molecule has 136 valence electrons. The highest BCUT2D eigenvalue weighted by Gasteiger charge is 2.08. The van der Waals surface area contributed by atoms with Crippen molar-refractivity contribution in [1.82, 2.24) is 10.6 Å². The van der Waals surface area contributed by atoms with Gasteiger partial charge < -0.3 is 16.0 Å². The van der Waals surface area contributed by atoms with E-state index in [1.54, 1.807) is 24.3 Å². The number of hydrogen-bond donors (Lipinski definition) is 3. The summed E-state index contributed by atoms with van der Waals surface area (Å²) in [5, 5.41) is 8.55. The van der Waals surface area contributed by atoms with Crippen molar-refractivity contribution < 1.29 is 9.59 Å². The second-order valence-corrected chi connectivity index (χ2v) is 6.92. The van der Waals surface area contributed by atoms with Gasteiger partial charge in [-0.2, -0.15) is 0 Å². The number of anilines is 1. The lowest BCUT2D eigenvalue weighted by molar-refractivity contribution is 0.0949. The first-order valence-electron chi connectivity index (χ1n) is 9.15. The maximum Gasteiger partial charge on any atom is 0.319 e. The number of rotatable bonds is 7. The van der Waals surface area contributed by atoms with Crippen LogP contribution in [-0.2, 0) is 0 Å². The molecule has 0 heterocycles. The third kappa shape index (κ3) is 6.99. The molecule has 25 heavy (non-hydrogen) atoms. The minimum absolute atomic E-state index is 0.0922. The molecule has 0 radical (unpaired) electrons. The van der Waals surface area contributed by atoms with Gasteiger partial charge in [0.15, 0.2) is 0 Å². The number of amides is 3. The van der Waals surface area contributed by atoms with E-state index in [9.17, 15) is 9.59 Å². The SMILES string of the molecule is CC(C)CNC(=O)c1ccc(NC(=O)NCCC2=CCCCC2)cc1. The van der Waals surface area contributed by atoms with Gasteiger partial charge in [0, 0.05) is 24.3 Å². The van der Waals surface area contributed by atoms with E-state index in [0.29, 0.717) is 30.3 Å². The van der Waals surface area contributed by atoms with Gasteiger partial charge in [-0.3, -0.25) is 4.79 Å². The van der Waals surface area contributed by atoms with E-state index < -0.39 is 0 Å². The molecule has 5 nitrogen and oxygen atoms in total. The molecule has 0 spiro atoms. The second kappa shape index (κ2) is 9.87. The molecule has 1 aliphatic carbocycles. The molecule has 2 rings (SSSR count). The number of urea groups is 1. The van der Waals surface area contributed by atoms with Gasteiger partial charge in [-0.1, -0.05) is 25.5 Å². The molecule has 0 bridgehead atoms. The lowest BCUT2D eigenvalue weighted by Gasteiger charge is -2.13. The van der Waals surface area contributed by atoms with Gasteiger partial charge in [0.25, 0.3) is 5.91 Å². The second-order valence-electron chi connectivity index (χ2n) is 6.92. The molecule has 0 saturated carbocycles. The smallest absolute Gasteiger partial charge is 0.319 e. The molecule has 0 fully saturated rings. The summed E-state index contributed by atoms with van der Waals surface area (Å²) in [6.07, 6.45) is 8.08. The topological polar surface area (TPSA) is 70.2 Å². The first-order chi connectivity index (χ1) is 12.0. The van der Waals surface area contributed by atoms with Crippen molar-refractivity contribution in [2.75, 3.05) is 18.4 Å². The average Bonchev–Trinajstić information content (AvgIpc) is 2.61. The molecular weight excluding hydrogens is 314 g/mol. The van der Waals surface area contributed by atoms with Crippen molar-refractivity contribution >= 4 is 17.6 Å². The summed E-state index contributed by atoms with van der Waals surface area (Å²) < 4.78 is 0. The lowest BCUT2D eigenvalue weighted by atomic mass is 9.97. The largest absolute Gasteiger partial charge is 0.352 e. The van der Waals surface area contributed by atoms with Gasteiger partial charge in [-0.25, -0.2) is 4.79 Å². The minimum atomic E-state index is -0.214. The predicted octanol–water partition coefficient (Wildman–Crippen LogP) is 4.08. The van der Waals surface area contributed by atoms with Gasteiger partial charge in [0.05, 0.1) is 0 Å². The number of carbonyl (C=O) groups excluding carboxylic acids is 2. The number of hydrogen-bond acceptors (Lipinski definition) is 2. The molecule has 5 heteroatoms. The van der Waals surface area contributed by atoms with Crippen LogP contribution < -0.4 is 16.0 Å². The molecule has 1 aromatic rings. The number of allylic oxidation sites excluding steroid dienone is 1. The van der Waals surface area contributed by atoms with Crippen molar-refractivity contribution in [3.05, 3.63) is 41.5 Å². The quantitative estimate of drug-likeness (QED) is 0.653. The van der Waals surface area contributed by atoms with Crippen LogP contribution in [0.3, 0.4) is 0 Å². The minimum Gasteiger partial charge on any atom is -0.352 e. The van der Waals surface area contributed by atoms with E-state index in [2.05, 4.69) is 35.9 Å². The molecule has 0 unspecified atom stereocenters. The monoisotopic (exact) mass is 343 g/mol. The Balaban J connectivity index is 1.73. The summed E-state index contributed by atoms with van der Waals surface area (Å²) in [6.45, 7) is 5.40. The third-order valence-electron chi connectivity index (χ3n) is 4.19. The van der Waals surface area contributed by atoms with E-state index in [-0.39, 0.29) is 11.9 Å². The molecule has 1 aliphatic rings. The molecule has 0 atom stereocenters. The van der Waals surface area contributed by atoms with Crippen LogP contribution in [0.4, 0.5) is 10.5 Å². The zero-order valence-corrected chi connectivity index (χ0v) is 15.2. The fourth-order valence-electron chi connectivity index (χ4n) is 2.75. The normalized spacial score (nSPS) is 14.0. The first-order valence-corrected chi connectivity index (χ1v) is 9.15. The van der Waals surface area contributed by atoms with Gasteiger partial charge >= 0.3 is 6.03 Å². The van der Waals surface area contributed by atoms with Crippen molar-refractivity contribution in [2.45, 2.75) is 46.0 Å². The highest BCUT2D eigenvalue weighted by molar-refractivity contribution is 5.95. The molecule has 0 saturated heterocycles. The molecule has 0 aliphatic heterocycles. The number of carbonyl (C=O) groups is 2. The summed E-state index contributed by atoms with van der Waals surface area (Å²) in [6, 6.07) is 6.71. The van der Waals surface area contributed by atoms with Crippen LogP contribution in [0.5, 0.6) is 0 Å². The number of nitrogens with one attached hydrogen (secondary N) is 3. The van der Waals surface area contributed by atoms with Crippen molar-refractivity contribution in [3.8, 4) is 0 Å². The van der Waals surface area contributed by atoms with Crippen molar-refractivity contribution in [3.63, 3.8) is 0 Å². The highest BCUT2D eigenvalue weighted by Crippen LogP contribution is 2.19. The Morgan fingerprint density at radius 2 is 1.84 bits per heavy atom. The van der Waals surface area contributed by atoms with Crippen LogP contribution in [0.15, 0.2) is 35.9 Å². The maximum atomic E-state index is 12.0. The Morgan fingerprint density at radius 1 is 1.08 bits per heavy atom. The van der Waals surface area contributed by atoms with Gasteiger partial charge in [0.1, 0.15) is 0 Å². The van der Waals surface area contributed by atoms with Gasteiger partial charge in [0.2, 0.25) is 0 Å². The summed E-state index contributed by atoms with van der Waals surface area (Å²) in [7, 11) is 0. The molecular formula is C20H29N3O2. The fourth-order valence-corrected chi connectivity index (χ4v) is 2.75. The summed E-state index contributed by atoms with van der Waals surface area (Å²) in [5.74, 6) is 0.323. The van der Waals surface area contributed by atoms with Crippen LogP contribution in [0.2, 0.25) is 0 Å². The third-order valence-corrected chi connectivity index (χ3v) is 4.19. The molecule has 1 aromatic carbocycles. The van der Waals surface area contributed by atoms with Crippen LogP contribution in [0.1, 0.15) is 56.3 Å². The van der Waals surface area contributed by atoms with Crippen LogP contribution in [0, 0.1) is 5.92 Å². The Kier molecular flexibility index (Phi) is 7.51. The zero-order valence-electron chi connectivity index (χ0n) is 15.2. The molecule has 3 amide bonds. The lowest BCUT2D eigenvalue weighted by Crippen LogP contribution is -2.30. The standard InChI is InChI=1S/C20H29N3O2/c1-15(2)14-22-19(24)17-8-10-18(11-9-17)23-20(25)21-13-12-16-6-4-3-5-7-16/h6,8-11,15H,3-5,7,12-14H2,1-2H3,(H,22,24)(H2,21,23,25). The van der Waals surface area contributed by atoms with Crippen molar-refractivity contribution in [1.29, 1.82) is 0 Å². The van der Waals surface area contributed by atoms with E-state index in [4.69, 9.17) is 0 Å². The van der Waals surface area contributed by atoms with Gasteiger partial charge in [-0.05, 0) is 62.3 Å². The summed E-state index contributed by atoms with van der Waals surface area (Å²) in [4.78, 5) is 23.9. The Labute approximate surface area is 150 Å². The van der Waals surface area contributed by atoms with E-state index in [1.165, 1.54) is 24.8 Å². The Morgan fingerprint density at radius 3 is 2.48 bits per heavy atom. The summed E-state index contributed by atoms with van der Waals surface area (Å²) in [5.41, 5.74) is 2.72. The fraction of sp³-hybridized carbons (Fsp3) is 0.500. The predicted molar refractivity (Wildman–Crippen MR) is 102 cm³/mol. The zero-order chi connectivity index (χ0) is 18.1. The van der Waals surface area contributed by atoms with Crippen LogP contribution in [0.25, 0.3) is 0 Å². The molecule has 0 aromatic heterocycles. The first kappa shape index (κ1) is 19.0. The maximum absolute atomic E-state index is 12.0. The van der Waals surface area contributed by atoms with E-state index in [0.717, 1.165) is 12.8 Å². The molecule has 3 N–H and O–H groups in total. The van der Waals surface area contributed by atoms with Crippen molar-refractivity contribution in [2.24, 2.45) is 5.92 Å². The summed E-state index contributed by atoms with van der Waals surface area (Å²) >= 11 is 0. The Bertz CT molecular complexity index is 606. The van der Waals surface area contributed by atoms with Crippen LogP contribution in [-0.4, -0.2) is 25.0 Å². The van der Waals surface area contributed by atoms with Crippen LogP contribution >= 0.6 is 0 Å². The van der Waals surface area contributed by atoms with E-state index in [1.807, 2.05) is 0 Å². The Hall–Kier alpha value is -2.30. The highest BCUT2D eigenvalue weighted by atomic mass is 16.2.